The van der Waals surface area contributed by atoms with Crippen molar-refractivity contribution in [1.29, 1.82) is 0 Å². The number of hydrogen-bond acceptors (Lipinski definition) is 5. The molecule has 2 fully saturated rings. The number of nitrogens with one attached hydrogen (secondary N) is 2. The van der Waals surface area contributed by atoms with Gasteiger partial charge < -0.3 is 20.4 Å². The molecule has 0 spiro atoms. The van der Waals surface area contributed by atoms with Gasteiger partial charge in [-0.15, -0.1) is 11.3 Å². The van der Waals surface area contributed by atoms with E-state index in [0.29, 0.717) is 0 Å². The normalized spacial score (nSPS) is 19.9. The van der Waals surface area contributed by atoms with Crippen molar-refractivity contribution in [3.8, 4) is 0 Å². The summed E-state index contributed by atoms with van der Waals surface area (Å²) in [5.41, 5.74) is 1.42. The second-order valence-electron chi connectivity index (χ2n) is 8.91. The molecule has 2 aromatic rings. The van der Waals surface area contributed by atoms with Crippen LogP contribution >= 0.6 is 11.3 Å². The molecule has 0 unspecified atom stereocenters. The first-order chi connectivity index (χ1) is 15.2. The third kappa shape index (κ3) is 5.57. The number of pyridine rings is 1. The fraction of sp³-hybridized carbons (Fsp3) is 0.583. The summed E-state index contributed by atoms with van der Waals surface area (Å²) in [6, 6.07) is 8.81. The number of thiophene rings is 1. The van der Waals surface area contributed by atoms with Crippen LogP contribution < -0.4 is 15.5 Å². The fourth-order valence-corrected chi connectivity index (χ4v) is 5.71. The van der Waals surface area contributed by atoms with E-state index in [0.717, 1.165) is 51.0 Å². The molecule has 1 saturated heterocycles. The van der Waals surface area contributed by atoms with Crippen molar-refractivity contribution in [2.24, 2.45) is 4.99 Å². The highest BCUT2D eigenvalue weighted by molar-refractivity contribution is 7.10. The molecule has 0 atom stereocenters. The Morgan fingerprint density at radius 2 is 1.90 bits per heavy atom. The summed E-state index contributed by atoms with van der Waals surface area (Å²) in [5, 5.41) is 9.30. The first-order valence-electron chi connectivity index (χ1n) is 11.6. The first kappa shape index (κ1) is 22.1. The molecule has 1 aliphatic carbocycles. The number of piperazine rings is 1. The lowest BCUT2D eigenvalue weighted by atomic mass is 9.73. The van der Waals surface area contributed by atoms with Gasteiger partial charge in [-0.2, -0.15) is 0 Å². The van der Waals surface area contributed by atoms with Gasteiger partial charge in [0.1, 0.15) is 5.82 Å². The highest BCUT2D eigenvalue weighted by Crippen LogP contribution is 2.41. The molecule has 3 heterocycles. The van der Waals surface area contributed by atoms with Crippen LogP contribution in [-0.4, -0.2) is 62.7 Å². The lowest BCUT2D eigenvalue weighted by molar-refractivity contribution is 0.296. The van der Waals surface area contributed by atoms with E-state index < -0.39 is 0 Å². The van der Waals surface area contributed by atoms with E-state index >= 15 is 0 Å². The number of nitrogens with zero attached hydrogens (tertiary/aromatic N) is 4. The van der Waals surface area contributed by atoms with Crippen LogP contribution in [0.15, 0.2) is 40.8 Å². The number of likely N-dealkylation sites (N-methyl/N-ethyl adjacent to an activating group) is 1. The molecule has 31 heavy (non-hydrogen) atoms. The van der Waals surface area contributed by atoms with Crippen molar-refractivity contribution in [3.05, 3.63) is 46.3 Å². The summed E-state index contributed by atoms with van der Waals surface area (Å²) < 4.78 is 0. The van der Waals surface area contributed by atoms with Crippen molar-refractivity contribution < 1.29 is 0 Å². The summed E-state index contributed by atoms with van der Waals surface area (Å²) in [7, 11) is 4.03. The van der Waals surface area contributed by atoms with Crippen LogP contribution in [0.2, 0.25) is 0 Å². The highest BCUT2D eigenvalue weighted by Gasteiger charge is 2.34. The van der Waals surface area contributed by atoms with Crippen molar-refractivity contribution in [1.82, 2.24) is 20.5 Å². The average molecular weight is 441 g/mol. The van der Waals surface area contributed by atoms with Crippen molar-refractivity contribution in [2.45, 2.75) is 44.1 Å². The Bertz CT molecular complexity index is 818. The average Bonchev–Trinajstić information content (AvgIpc) is 3.37. The second kappa shape index (κ2) is 10.5. The molecule has 0 bridgehead atoms. The standard InChI is InChI=1S/C24H36N6S/c1-25-23(28-19-24(10-4-3-5-11-24)21-7-6-16-31-21)27-18-20-8-9-22(26-17-20)30-14-12-29(2)13-15-30/h6-9,16-17H,3-5,10-15,18-19H2,1-2H3,(H2,25,27,28). The van der Waals surface area contributed by atoms with Gasteiger partial charge in [0.05, 0.1) is 0 Å². The summed E-state index contributed by atoms with van der Waals surface area (Å²) >= 11 is 1.90. The molecule has 6 nitrogen and oxygen atoms in total. The van der Waals surface area contributed by atoms with E-state index in [9.17, 15) is 0 Å². The fourth-order valence-electron chi connectivity index (χ4n) is 4.72. The molecule has 4 rings (SSSR count). The van der Waals surface area contributed by atoms with Crippen LogP contribution in [-0.2, 0) is 12.0 Å². The van der Waals surface area contributed by atoms with Crippen molar-refractivity contribution in [2.75, 3.05) is 51.7 Å². The number of guanidine groups is 1. The predicted molar refractivity (Wildman–Crippen MR) is 131 cm³/mol. The van der Waals surface area contributed by atoms with Gasteiger partial charge in [-0.05, 0) is 43.0 Å². The van der Waals surface area contributed by atoms with Crippen LogP contribution in [0.5, 0.6) is 0 Å². The Morgan fingerprint density at radius 3 is 2.55 bits per heavy atom. The molecule has 0 radical (unpaired) electrons. The second-order valence-corrected chi connectivity index (χ2v) is 9.86. The van der Waals surface area contributed by atoms with E-state index in [1.54, 1.807) is 0 Å². The van der Waals surface area contributed by atoms with Gasteiger partial charge in [0.2, 0.25) is 0 Å². The van der Waals surface area contributed by atoms with Gasteiger partial charge in [-0.25, -0.2) is 4.98 Å². The Kier molecular flexibility index (Phi) is 7.45. The number of hydrogen-bond donors (Lipinski definition) is 2. The zero-order valence-corrected chi connectivity index (χ0v) is 19.8. The van der Waals surface area contributed by atoms with Crippen LogP contribution in [0.1, 0.15) is 42.5 Å². The van der Waals surface area contributed by atoms with Crippen LogP contribution in [0, 0.1) is 0 Å². The van der Waals surface area contributed by atoms with E-state index in [1.807, 2.05) is 24.6 Å². The largest absolute Gasteiger partial charge is 0.355 e. The Hall–Kier alpha value is -2.12. The molecule has 1 saturated carbocycles. The van der Waals surface area contributed by atoms with Gasteiger partial charge >= 0.3 is 0 Å². The summed E-state index contributed by atoms with van der Waals surface area (Å²) in [6.07, 6.45) is 8.50. The monoisotopic (exact) mass is 440 g/mol. The molecular weight excluding hydrogens is 404 g/mol. The van der Waals surface area contributed by atoms with E-state index in [2.05, 4.69) is 62.1 Å². The first-order valence-corrected chi connectivity index (χ1v) is 12.4. The number of rotatable bonds is 6. The van der Waals surface area contributed by atoms with E-state index in [-0.39, 0.29) is 5.41 Å². The molecule has 2 N–H and O–H groups in total. The van der Waals surface area contributed by atoms with Crippen molar-refractivity contribution >= 4 is 23.1 Å². The highest BCUT2D eigenvalue weighted by atomic mass is 32.1. The molecule has 2 aromatic heterocycles. The van der Waals surface area contributed by atoms with Gasteiger partial charge in [-0.1, -0.05) is 31.4 Å². The molecule has 168 valence electrons. The Balaban J connectivity index is 1.30. The third-order valence-electron chi connectivity index (χ3n) is 6.77. The SMILES string of the molecule is CN=C(NCc1ccc(N2CCN(C)CC2)nc1)NCC1(c2cccs2)CCCCC1. The molecule has 1 aliphatic heterocycles. The van der Waals surface area contributed by atoms with Crippen LogP contribution in [0.3, 0.4) is 0 Å². The number of aliphatic imine (C=N–C) groups is 1. The lowest BCUT2D eigenvalue weighted by Crippen LogP contribution is -2.46. The molecule has 2 aliphatic rings. The zero-order chi connectivity index (χ0) is 21.5. The number of anilines is 1. The smallest absolute Gasteiger partial charge is 0.191 e. The maximum atomic E-state index is 4.70. The molecule has 0 aromatic carbocycles. The van der Waals surface area contributed by atoms with E-state index in [4.69, 9.17) is 4.98 Å². The van der Waals surface area contributed by atoms with E-state index in [1.165, 1.54) is 42.5 Å². The van der Waals surface area contributed by atoms with Crippen molar-refractivity contribution in [3.63, 3.8) is 0 Å². The zero-order valence-electron chi connectivity index (χ0n) is 18.9. The van der Waals surface area contributed by atoms with Gasteiger partial charge in [0.25, 0.3) is 0 Å². The minimum Gasteiger partial charge on any atom is -0.355 e. The maximum Gasteiger partial charge on any atom is 0.191 e. The Labute approximate surface area is 190 Å². The van der Waals surface area contributed by atoms with Gasteiger partial charge in [0.15, 0.2) is 5.96 Å². The Morgan fingerprint density at radius 1 is 1.10 bits per heavy atom. The third-order valence-corrected chi connectivity index (χ3v) is 7.88. The maximum absolute atomic E-state index is 4.70. The summed E-state index contributed by atoms with van der Waals surface area (Å²) in [5.74, 6) is 1.94. The summed E-state index contributed by atoms with van der Waals surface area (Å²) in [6.45, 7) is 5.95. The molecule has 7 heteroatoms. The van der Waals surface area contributed by atoms with Crippen LogP contribution in [0.4, 0.5) is 5.82 Å². The minimum absolute atomic E-state index is 0.246. The van der Waals surface area contributed by atoms with Gasteiger partial charge in [0, 0.05) is 62.8 Å². The quantitative estimate of drug-likeness (QED) is 0.532. The predicted octanol–water partition coefficient (Wildman–Crippen LogP) is 3.46. The summed E-state index contributed by atoms with van der Waals surface area (Å²) in [4.78, 5) is 15.4. The lowest BCUT2D eigenvalue weighted by Gasteiger charge is -2.37. The number of aromatic nitrogens is 1. The molecule has 0 amide bonds. The van der Waals surface area contributed by atoms with Gasteiger partial charge in [-0.3, -0.25) is 4.99 Å². The topological polar surface area (TPSA) is 55.8 Å². The molecular formula is C24H36N6S. The van der Waals surface area contributed by atoms with Crippen LogP contribution in [0.25, 0.3) is 0 Å². The minimum atomic E-state index is 0.246.